The van der Waals surface area contributed by atoms with Crippen LogP contribution in [0.25, 0.3) is 0 Å². The van der Waals surface area contributed by atoms with Crippen LogP contribution in [0.1, 0.15) is 31.2 Å². The fourth-order valence-electron chi connectivity index (χ4n) is 2.47. The number of rotatable bonds is 6. The van der Waals surface area contributed by atoms with E-state index in [1.54, 1.807) is 13.3 Å². The minimum atomic E-state index is 0.0447. The van der Waals surface area contributed by atoms with Gasteiger partial charge in [0.2, 0.25) is 11.8 Å². The van der Waals surface area contributed by atoms with Gasteiger partial charge in [-0.25, -0.2) is 4.98 Å². The van der Waals surface area contributed by atoms with Crippen molar-refractivity contribution in [1.82, 2.24) is 10.3 Å². The predicted molar refractivity (Wildman–Crippen MR) is 72.6 cm³/mol. The van der Waals surface area contributed by atoms with Crippen LogP contribution in [-0.2, 0) is 11.3 Å². The van der Waals surface area contributed by atoms with Gasteiger partial charge >= 0.3 is 0 Å². The number of hydrogen-bond donors (Lipinski definition) is 2. The molecule has 2 rings (SSSR count). The summed E-state index contributed by atoms with van der Waals surface area (Å²) >= 11 is 0. The molecule has 0 aromatic carbocycles. The van der Waals surface area contributed by atoms with Crippen molar-refractivity contribution in [3.63, 3.8) is 0 Å². The topological polar surface area (TPSA) is 77.2 Å². The lowest BCUT2D eigenvalue weighted by Gasteiger charge is -2.40. The van der Waals surface area contributed by atoms with Crippen LogP contribution in [0.2, 0.25) is 0 Å². The number of aromatic nitrogens is 1. The summed E-state index contributed by atoms with van der Waals surface area (Å²) in [4.78, 5) is 16.1. The number of ether oxygens (including phenoxy) is 1. The second kappa shape index (κ2) is 6.02. The van der Waals surface area contributed by atoms with Crippen molar-refractivity contribution in [2.45, 2.75) is 32.2 Å². The van der Waals surface area contributed by atoms with Gasteiger partial charge in [-0.2, -0.15) is 0 Å². The quantitative estimate of drug-likeness (QED) is 0.809. The van der Waals surface area contributed by atoms with Gasteiger partial charge in [-0.05, 0) is 30.9 Å². The van der Waals surface area contributed by atoms with Gasteiger partial charge in [-0.3, -0.25) is 4.79 Å². The predicted octanol–water partition coefficient (Wildman–Crippen LogP) is 1.23. The van der Waals surface area contributed by atoms with Crippen molar-refractivity contribution in [1.29, 1.82) is 0 Å². The highest BCUT2D eigenvalue weighted by molar-refractivity contribution is 5.76. The molecule has 5 heteroatoms. The van der Waals surface area contributed by atoms with Gasteiger partial charge in [-0.15, -0.1) is 0 Å². The Hall–Kier alpha value is -1.62. The molecule has 1 aliphatic carbocycles. The molecule has 0 radical (unpaired) electrons. The Morgan fingerprint density at radius 3 is 2.95 bits per heavy atom. The number of nitrogens with zero attached hydrogens (tertiary/aromatic N) is 1. The molecule has 0 bridgehead atoms. The summed E-state index contributed by atoms with van der Waals surface area (Å²) in [5.74, 6) is 0.607. The molecule has 3 N–H and O–H groups in total. The number of nitrogens with one attached hydrogen (secondary N) is 1. The number of carbonyl (C=O) groups excluding carboxylic acids is 1. The van der Waals surface area contributed by atoms with Crippen LogP contribution in [-0.4, -0.2) is 24.5 Å². The van der Waals surface area contributed by atoms with Crippen LogP contribution in [0.3, 0.4) is 0 Å². The normalized spacial score (nSPS) is 16.5. The Bertz CT molecular complexity index is 439. The SMILES string of the molecule is COc1ncccc1CNC(=O)CC1(CN)CCC1. The van der Waals surface area contributed by atoms with E-state index in [2.05, 4.69) is 10.3 Å². The number of hydrogen-bond acceptors (Lipinski definition) is 4. The molecule has 104 valence electrons. The average Bonchev–Trinajstić information content (AvgIpc) is 2.41. The monoisotopic (exact) mass is 263 g/mol. The summed E-state index contributed by atoms with van der Waals surface area (Å²) in [6.07, 6.45) is 5.50. The number of carbonyl (C=O) groups is 1. The third-order valence-electron chi connectivity index (χ3n) is 3.90. The van der Waals surface area contributed by atoms with Gasteiger partial charge in [0.05, 0.1) is 7.11 Å². The summed E-state index contributed by atoms with van der Waals surface area (Å²) in [6, 6.07) is 3.73. The molecule has 5 nitrogen and oxygen atoms in total. The van der Waals surface area contributed by atoms with E-state index in [0.29, 0.717) is 25.4 Å². The fourth-order valence-corrected chi connectivity index (χ4v) is 2.47. The van der Waals surface area contributed by atoms with E-state index in [9.17, 15) is 4.79 Å². The molecule has 0 unspecified atom stereocenters. The Morgan fingerprint density at radius 1 is 1.58 bits per heavy atom. The maximum Gasteiger partial charge on any atom is 0.220 e. The van der Waals surface area contributed by atoms with E-state index >= 15 is 0 Å². The van der Waals surface area contributed by atoms with Crippen molar-refractivity contribution >= 4 is 5.91 Å². The minimum Gasteiger partial charge on any atom is -0.481 e. The standard InChI is InChI=1S/C14H21N3O2/c1-19-13-11(4-2-7-16-13)9-17-12(18)8-14(10-15)5-3-6-14/h2,4,7H,3,5-6,8-10,15H2,1H3,(H,17,18). The molecule has 1 aromatic heterocycles. The molecule has 0 atom stereocenters. The molecular formula is C14H21N3O2. The van der Waals surface area contributed by atoms with Crippen LogP contribution >= 0.6 is 0 Å². The summed E-state index contributed by atoms with van der Waals surface area (Å²) in [5, 5.41) is 2.92. The van der Waals surface area contributed by atoms with Crippen LogP contribution in [0.15, 0.2) is 18.3 Å². The molecular weight excluding hydrogens is 242 g/mol. The van der Waals surface area contributed by atoms with Crippen molar-refractivity contribution in [3.05, 3.63) is 23.9 Å². The second-order valence-corrected chi connectivity index (χ2v) is 5.18. The lowest BCUT2D eigenvalue weighted by Crippen LogP contribution is -2.41. The Labute approximate surface area is 113 Å². The molecule has 1 aliphatic rings. The lowest BCUT2D eigenvalue weighted by molar-refractivity contribution is -0.124. The molecule has 1 heterocycles. The summed E-state index contributed by atoms with van der Waals surface area (Å²) < 4.78 is 5.15. The second-order valence-electron chi connectivity index (χ2n) is 5.18. The molecule has 0 aliphatic heterocycles. The van der Waals surface area contributed by atoms with Gasteiger partial charge < -0.3 is 15.8 Å². The highest BCUT2D eigenvalue weighted by Gasteiger charge is 2.37. The maximum atomic E-state index is 12.0. The summed E-state index contributed by atoms with van der Waals surface area (Å²) in [6.45, 7) is 1.03. The van der Waals surface area contributed by atoms with E-state index in [4.69, 9.17) is 10.5 Å². The zero-order valence-electron chi connectivity index (χ0n) is 11.3. The smallest absolute Gasteiger partial charge is 0.220 e. The van der Waals surface area contributed by atoms with Gasteiger partial charge in [-0.1, -0.05) is 12.5 Å². The maximum absolute atomic E-state index is 12.0. The first-order valence-electron chi connectivity index (χ1n) is 6.64. The molecule has 0 saturated heterocycles. The van der Waals surface area contributed by atoms with Gasteiger partial charge in [0.1, 0.15) is 0 Å². The van der Waals surface area contributed by atoms with Crippen molar-refractivity contribution in [3.8, 4) is 5.88 Å². The van der Waals surface area contributed by atoms with Crippen LogP contribution in [0.4, 0.5) is 0 Å². The highest BCUT2D eigenvalue weighted by Crippen LogP contribution is 2.42. The van der Waals surface area contributed by atoms with Crippen LogP contribution < -0.4 is 15.8 Å². The van der Waals surface area contributed by atoms with Gasteiger partial charge in [0.15, 0.2) is 0 Å². The Balaban J connectivity index is 1.86. The highest BCUT2D eigenvalue weighted by atomic mass is 16.5. The fraction of sp³-hybridized carbons (Fsp3) is 0.571. The van der Waals surface area contributed by atoms with E-state index in [1.807, 2.05) is 12.1 Å². The Morgan fingerprint density at radius 2 is 2.37 bits per heavy atom. The third kappa shape index (κ3) is 3.23. The first kappa shape index (κ1) is 13.8. The molecule has 0 spiro atoms. The average molecular weight is 263 g/mol. The molecule has 1 fully saturated rings. The van der Waals surface area contributed by atoms with Crippen molar-refractivity contribution in [2.24, 2.45) is 11.1 Å². The Kier molecular flexibility index (Phi) is 4.37. The van der Waals surface area contributed by atoms with Crippen molar-refractivity contribution in [2.75, 3.05) is 13.7 Å². The summed E-state index contributed by atoms with van der Waals surface area (Å²) in [7, 11) is 1.57. The minimum absolute atomic E-state index is 0.0447. The largest absolute Gasteiger partial charge is 0.481 e. The number of nitrogens with two attached hydrogens (primary N) is 1. The first-order valence-corrected chi connectivity index (χ1v) is 6.64. The van der Waals surface area contributed by atoms with E-state index in [1.165, 1.54) is 6.42 Å². The van der Waals surface area contributed by atoms with E-state index in [-0.39, 0.29) is 11.3 Å². The van der Waals surface area contributed by atoms with Crippen molar-refractivity contribution < 1.29 is 9.53 Å². The molecule has 1 saturated carbocycles. The zero-order chi connectivity index (χ0) is 13.7. The number of amides is 1. The zero-order valence-corrected chi connectivity index (χ0v) is 11.3. The first-order chi connectivity index (χ1) is 9.19. The summed E-state index contributed by atoms with van der Waals surface area (Å²) in [5.41, 5.74) is 6.69. The van der Waals surface area contributed by atoms with E-state index in [0.717, 1.165) is 18.4 Å². The van der Waals surface area contributed by atoms with Crippen LogP contribution in [0.5, 0.6) is 5.88 Å². The molecule has 1 amide bonds. The molecule has 19 heavy (non-hydrogen) atoms. The lowest BCUT2D eigenvalue weighted by atomic mass is 9.66. The number of pyridine rings is 1. The number of methoxy groups -OCH3 is 1. The van der Waals surface area contributed by atoms with Gasteiger partial charge in [0, 0.05) is 24.7 Å². The van der Waals surface area contributed by atoms with Gasteiger partial charge in [0.25, 0.3) is 0 Å². The third-order valence-corrected chi connectivity index (χ3v) is 3.90. The van der Waals surface area contributed by atoms with Crippen LogP contribution in [0, 0.1) is 5.41 Å². The van der Waals surface area contributed by atoms with E-state index < -0.39 is 0 Å². The molecule has 1 aromatic rings.